The number of nitrogens with zero attached hydrogens (tertiary/aromatic N) is 2. The lowest BCUT2D eigenvalue weighted by atomic mass is 10.0. The number of sulfonamides is 1. The van der Waals surface area contributed by atoms with E-state index in [9.17, 15) is 18.0 Å². The highest BCUT2D eigenvalue weighted by Gasteiger charge is 2.34. The summed E-state index contributed by atoms with van der Waals surface area (Å²) in [7, 11) is -1.40. The molecule has 0 saturated heterocycles. The van der Waals surface area contributed by atoms with Crippen molar-refractivity contribution in [2.24, 2.45) is 0 Å². The first kappa shape index (κ1) is 33.1. The van der Waals surface area contributed by atoms with Gasteiger partial charge in [-0.05, 0) is 49.2 Å². The van der Waals surface area contributed by atoms with Gasteiger partial charge in [-0.15, -0.1) is 0 Å². The second kappa shape index (κ2) is 15.3. The monoisotopic (exact) mass is 629 g/mol. The van der Waals surface area contributed by atoms with Crippen LogP contribution in [-0.2, 0) is 32.6 Å². The Kier molecular flexibility index (Phi) is 11.2. The molecule has 9 nitrogen and oxygen atoms in total. The van der Waals surface area contributed by atoms with Gasteiger partial charge in [-0.2, -0.15) is 0 Å². The Hall–Kier alpha value is -4.83. The van der Waals surface area contributed by atoms with Gasteiger partial charge >= 0.3 is 0 Å². The fourth-order valence-electron chi connectivity index (χ4n) is 5.08. The van der Waals surface area contributed by atoms with E-state index in [2.05, 4.69) is 5.32 Å². The van der Waals surface area contributed by atoms with Crippen molar-refractivity contribution in [1.29, 1.82) is 0 Å². The molecular formula is C35H39N3O6S. The van der Waals surface area contributed by atoms with Crippen LogP contribution in [0.1, 0.15) is 23.6 Å². The van der Waals surface area contributed by atoms with Gasteiger partial charge in [0, 0.05) is 25.6 Å². The number of para-hydroxylation sites is 1. The molecule has 0 aliphatic rings. The highest BCUT2D eigenvalue weighted by molar-refractivity contribution is 7.92. The standard InChI is InChI=1S/C35H39N3O6S/c1-5-36-35(40)31(22-27-14-8-6-9-15-27)37(24-28-16-12-13-26(2)21-28)34(39)25-38(29-17-10-7-11-18-29)45(41,42)30-19-20-32(43-3)33(23-30)44-4/h6-21,23,31H,5,22,24-25H2,1-4H3,(H,36,40)/t31-/m1/s1. The number of ether oxygens (including phenoxy) is 2. The summed E-state index contributed by atoms with van der Waals surface area (Å²) < 4.78 is 40.2. The number of anilines is 1. The van der Waals surface area contributed by atoms with Gasteiger partial charge in [0.25, 0.3) is 10.0 Å². The molecule has 0 aliphatic heterocycles. The number of amides is 2. The van der Waals surface area contributed by atoms with Crippen molar-refractivity contribution in [1.82, 2.24) is 10.2 Å². The van der Waals surface area contributed by atoms with Crippen LogP contribution in [0.4, 0.5) is 5.69 Å². The molecule has 236 valence electrons. The summed E-state index contributed by atoms with van der Waals surface area (Å²) in [5, 5.41) is 2.87. The quantitative estimate of drug-likeness (QED) is 0.211. The second-order valence-electron chi connectivity index (χ2n) is 10.5. The number of hydrogen-bond acceptors (Lipinski definition) is 6. The third-order valence-corrected chi connectivity index (χ3v) is 9.09. The molecule has 0 saturated carbocycles. The molecule has 0 unspecified atom stereocenters. The number of rotatable bonds is 14. The third-order valence-electron chi connectivity index (χ3n) is 7.32. The number of carbonyl (C=O) groups is 2. The summed E-state index contributed by atoms with van der Waals surface area (Å²) in [6, 6.07) is 28.9. The van der Waals surface area contributed by atoms with Crippen LogP contribution < -0.4 is 19.1 Å². The van der Waals surface area contributed by atoms with E-state index in [1.807, 2.05) is 68.4 Å². The fourth-order valence-corrected chi connectivity index (χ4v) is 6.51. The number of hydrogen-bond donors (Lipinski definition) is 1. The number of carbonyl (C=O) groups excluding carboxylic acids is 2. The topological polar surface area (TPSA) is 105 Å². The Morgan fingerprint density at radius 2 is 1.44 bits per heavy atom. The van der Waals surface area contributed by atoms with E-state index in [0.717, 1.165) is 21.0 Å². The summed E-state index contributed by atoms with van der Waals surface area (Å²) in [6.45, 7) is 3.70. The van der Waals surface area contributed by atoms with Gasteiger partial charge in [-0.1, -0.05) is 78.4 Å². The Labute approximate surface area is 265 Å². The van der Waals surface area contributed by atoms with Gasteiger partial charge in [0.15, 0.2) is 11.5 Å². The number of likely N-dealkylation sites (N-methyl/N-ethyl adjacent to an activating group) is 1. The molecule has 4 aromatic carbocycles. The van der Waals surface area contributed by atoms with E-state index in [1.165, 1.54) is 37.3 Å². The molecule has 1 N–H and O–H groups in total. The normalized spacial score (nSPS) is 11.7. The van der Waals surface area contributed by atoms with Crippen molar-refractivity contribution in [3.05, 3.63) is 120 Å². The third kappa shape index (κ3) is 8.21. The van der Waals surface area contributed by atoms with Crippen LogP contribution in [0.5, 0.6) is 11.5 Å². The maximum absolute atomic E-state index is 14.5. The van der Waals surface area contributed by atoms with Crippen molar-refractivity contribution in [2.75, 3.05) is 31.6 Å². The van der Waals surface area contributed by atoms with Gasteiger partial charge in [0.05, 0.1) is 24.8 Å². The van der Waals surface area contributed by atoms with Gasteiger partial charge in [0.2, 0.25) is 11.8 Å². The minimum absolute atomic E-state index is 0.0772. The zero-order valence-corrected chi connectivity index (χ0v) is 26.8. The molecule has 10 heteroatoms. The molecular weight excluding hydrogens is 590 g/mol. The molecule has 2 amide bonds. The zero-order valence-electron chi connectivity index (χ0n) is 26.0. The van der Waals surface area contributed by atoms with Gasteiger partial charge < -0.3 is 19.7 Å². The number of methoxy groups -OCH3 is 2. The van der Waals surface area contributed by atoms with Gasteiger partial charge in [0.1, 0.15) is 12.6 Å². The van der Waals surface area contributed by atoms with Gasteiger partial charge in [-0.25, -0.2) is 8.42 Å². The molecule has 0 aromatic heterocycles. The predicted molar refractivity (Wildman–Crippen MR) is 175 cm³/mol. The minimum Gasteiger partial charge on any atom is -0.493 e. The summed E-state index contributed by atoms with van der Waals surface area (Å²) in [5.74, 6) is -0.250. The Morgan fingerprint density at radius 3 is 2.07 bits per heavy atom. The van der Waals surface area contributed by atoms with Crippen molar-refractivity contribution in [3.8, 4) is 11.5 Å². The van der Waals surface area contributed by atoms with Crippen LogP contribution in [0.3, 0.4) is 0 Å². The minimum atomic E-state index is -4.29. The Bertz CT molecular complexity index is 1700. The number of benzene rings is 4. The van der Waals surface area contributed by atoms with Crippen molar-refractivity contribution < 1.29 is 27.5 Å². The lowest BCUT2D eigenvalue weighted by Gasteiger charge is -2.34. The van der Waals surface area contributed by atoms with Crippen molar-refractivity contribution in [3.63, 3.8) is 0 Å². The predicted octanol–water partition coefficient (Wildman–Crippen LogP) is 4.98. The summed E-state index contributed by atoms with van der Waals surface area (Å²) in [4.78, 5) is 29.4. The highest BCUT2D eigenvalue weighted by Crippen LogP contribution is 2.32. The van der Waals surface area contributed by atoms with E-state index >= 15 is 0 Å². The van der Waals surface area contributed by atoms with Crippen molar-refractivity contribution >= 4 is 27.5 Å². The Morgan fingerprint density at radius 1 is 0.800 bits per heavy atom. The SMILES string of the molecule is CCNC(=O)[C@@H](Cc1ccccc1)N(Cc1cccc(C)c1)C(=O)CN(c1ccccc1)S(=O)(=O)c1ccc(OC)c(OC)c1. The first-order chi connectivity index (χ1) is 21.7. The van der Waals surface area contributed by atoms with Crippen LogP contribution in [0.15, 0.2) is 108 Å². The lowest BCUT2D eigenvalue weighted by Crippen LogP contribution is -2.53. The molecule has 0 radical (unpaired) electrons. The molecule has 0 heterocycles. The van der Waals surface area contributed by atoms with Crippen molar-refractivity contribution in [2.45, 2.75) is 37.8 Å². The van der Waals surface area contributed by atoms with E-state index < -0.39 is 28.5 Å². The van der Waals surface area contributed by atoms with E-state index in [-0.39, 0.29) is 29.5 Å². The summed E-state index contributed by atoms with van der Waals surface area (Å²) in [5.41, 5.74) is 2.99. The van der Waals surface area contributed by atoms with Gasteiger partial charge in [-0.3, -0.25) is 13.9 Å². The first-order valence-electron chi connectivity index (χ1n) is 14.6. The molecule has 1 atom stereocenters. The van der Waals surface area contributed by atoms with Crippen LogP contribution >= 0.6 is 0 Å². The molecule has 0 spiro atoms. The van der Waals surface area contributed by atoms with Crippen LogP contribution in [0.25, 0.3) is 0 Å². The Balaban J connectivity index is 1.80. The summed E-state index contributed by atoms with van der Waals surface area (Å²) >= 11 is 0. The molecule has 45 heavy (non-hydrogen) atoms. The van der Waals surface area contributed by atoms with E-state index in [1.54, 1.807) is 30.3 Å². The molecule has 4 aromatic rings. The molecule has 4 rings (SSSR count). The molecule has 0 aliphatic carbocycles. The molecule has 0 fully saturated rings. The second-order valence-corrected chi connectivity index (χ2v) is 12.3. The largest absolute Gasteiger partial charge is 0.493 e. The maximum Gasteiger partial charge on any atom is 0.264 e. The smallest absolute Gasteiger partial charge is 0.264 e. The van der Waals surface area contributed by atoms with Crippen LogP contribution in [0, 0.1) is 6.92 Å². The van der Waals surface area contributed by atoms with Crippen LogP contribution in [-0.4, -0.2) is 58.5 Å². The average Bonchev–Trinajstić information content (AvgIpc) is 3.05. The fraction of sp³-hybridized carbons (Fsp3) is 0.257. The number of aryl methyl sites for hydroxylation is 1. The average molecular weight is 630 g/mol. The van der Waals surface area contributed by atoms with E-state index in [0.29, 0.717) is 18.0 Å². The molecule has 0 bridgehead atoms. The maximum atomic E-state index is 14.5. The summed E-state index contributed by atoms with van der Waals surface area (Å²) in [6.07, 6.45) is 0.248. The van der Waals surface area contributed by atoms with Crippen LogP contribution in [0.2, 0.25) is 0 Å². The zero-order chi connectivity index (χ0) is 32.4. The highest BCUT2D eigenvalue weighted by atomic mass is 32.2. The van der Waals surface area contributed by atoms with E-state index in [4.69, 9.17) is 9.47 Å². The lowest BCUT2D eigenvalue weighted by molar-refractivity contribution is -0.140. The first-order valence-corrected chi connectivity index (χ1v) is 16.1. The number of nitrogens with one attached hydrogen (secondary N) is 1.